The number of ketones is 1. The summed E-state index contributed by atoms with van der Waals surface area (Å²) in [4.78, 5) is 37.8. The first-order chi connectivity index (χ1) is 14.9. The molecule has 0 aliphatic heterocycles. The Morgan fingerprint density at radius 1 is 0.742 bits per heavy atom. The summed E-state index contributed by atoms with van der Waals surface area (Å²) in [6.45, 7) is 6.27. The second-order valence-electron chi connectivity index (χ2n) is 7.19. The van der Waals surface area contributed by atoms with E-state index in [1.807, 2.05) is 32.9 Å². The molecule has 0 aliphatic carbocycles. The van der Waals surface area contributed by atoms with Crippen molar-refractivity contribution < 1.29 is 14.4 Å². The molecule has 0 saturated heterocycles. The van der Waals surface area contributed by atoms with Gasteiger partial charge >= 0.3 is 6.03 Å². The minimum absolute atomic E-state index is 0.208. The molecular formula is C25H25N3O3. The number of anilines is 2. The van der Waals surface area contributed by atoms with Gasteiger partial charge in [-0.25, -0.2) is 4.79 Å². The van der Waals surface area contributed by atoms with E-state index in [2.05, 4.69) is 16.0 Å². The summed E-state index contributed by atoms with van der Waals surface area (Å²) < 4.78 is 0. The van der Waals surface area contributed by atoms with Crippen LogP contribution in [0.15, 0.2) is 66.7 Å². The van der Waals surface area contributed by atoms with Crippen LogP contribution in [0.25, 0.3) is 0 Å². The first-order valence-electron chi connectivity index (χ1n) is 10.1. The maximum atomic E-state index is 13.1. The topological polar surface area (TPSA) is 87.3 Å². The van der Waals surface area contributed by atoms with Gasteiger partial charge in [0.25, 0.3) is 5.91 Å². The van der Waals surface area contributed by atoms with Gasteiger partial charge in [-0.1, -0.05) is 36.4 Å². The number of hydrogen-bond acceptors (Lipinski definition) is 3. The Morgan fingerprint density at radius 2 is 1.42 bits per heavy atom. The minimum Gasteiger partial charge on any atom is -0.338 e. The molecule has 0 saturated carbocycles. The molecule has 0 fully saturated rings. The van der Waals surface area contributed by atoms with Crippen molar-refractivity contribution in [2.75, 3.05) is 17.2 Å². The molecule has 0 radical (unpaired) electrons. The summed E-state index contributed by atoms with van der Waals surface area (Å²) in [5, 5.41) is 8.16. The van der Waals surface area contributed by atoms with Crippen LogP contribution >= 0.6 is 0 Å². The van der Waals surface area contributed by atoms with Gasteiger partial charge in [-0.05, 0) is 62.2 Å². The highest BCUT2D eigenvalue weighted by atomic mass is 16.2. The predicted molar refractivity (Wildman–Crippen MR) is 123 cm³/mol. The molecule has 6 nitrogen and oxygen atoms in total. The minimum atomic E-state index is -0.400. The molecule has 158 valence electrons. The van der Waals surface area contributed by atoms with Crippen molar-refractivity contribution in [3.05, 3.63) is 94.5 Å². The summed E-state index contributed by atoms with van der Waals surface area (Å²) in [7, 11) is 0. The number of carbonyl (C=O) groups excluding carboxylic acids is 3. The van der Waals surface area contributed by atoms with Crippen LogP contribution in [0.5, 0.6) is 0 Å². The van der Waals surface area contributed by atoms with Gasteiger partial charge in [0.1, 0.15) is 0 Å². The van der Waals surface area contributed by atoms with Crippen molar-refractivity contribution in [2.45, 2.75) is 20.8 Å². The molecule has 0 aliphatic rings. The lowest BCUT2D eigenvalue weighted by atomic mass is 9.95. The lowest BCUT2D eigenvalue weighted by molar-refractivity contribution is 0.0996. The van der Waals surface area contributed by atoms with Crippen molar-refractivity contribution in [1.82, 2.24) is 5.32 Å². The van der Waals surface area contributed by atoms with Gasteiger partial charge in [-0.2, -0.15) is 0 Å². The molecule has 6 heteroatoms. The predicted octanol–water partition coefficient (Wildman–Crippen LogP) is 4.93. The second kappa shape index (κ2) is 9.71. The Labute approximate surface area is 181 Å². The van der Waals surface area contributed by atoms with Gasteiger partial charge in [0, 0.05) is 29.0 Å². The van der Waals surface area contributed by atoms with Crippen LogP contribution in [0, 0.1) is 13.8 Å². The van der Waals surface area contributed by atoms with Crippen molar-refractivity contribution in [3.63, 3.8) is 0 Å². The summed E-state index contributed by atoms with van der Waals surface area (Å²) in [5.41, 5.74) is 4.33. The molecule has 0 heterocycles. The van der Waals surface area contributed by atoms with E-state index in [1.54, 1.807) is 54.6 Å². The van der Waals surface area contributed by atoms with E-state index < -0.39 is 5.91 Å². The number of carbonyl (C=O) groups is 3. The Hall–Kier alpha value is -3.93. The lowest BCUT2D eigenvalue weighted by Crippen LogP contribution is -2.28. The molecule has 3 aromatic rings. The Morgan fingerprint density at radius 3 is 2.10 bits per heavy atom. The van der Waals surface area contributed by atoms with Crippen LogP contribution in [0.1, 0.15) is 44.3 Å². The van der Waals surface area contributed by atoms with Gasteiger partial charge in [-0.15, -0.1) is 0 Å². The molecule has 3 rings (SSSR count). The largest absolute Gasteiger partial charge is 0.338 e. The third-order valence-electron chi connectivity index (χ3n) is 4.90. The number of hydrogen-bond donors (Lipinski definition) is 3. The number of urea groups is 1. The fourth-order valence-electron chi connectivity index (χ4n) is 3.13. The molecule has 0 aromatic heterocycles. The number of nitrogens with one attached hydrogen (secondary N) is 3. The standard InChI is InChI=1S/C25H25N3O3/c1-4-26-25(31)28-20-9-7-8-19(15-20)27-24(30)22-11-6-5-10-21(22)23(29)18-13-12-16(2)17(3)14-18/h5-15H,4H2,1-3H3,(H,27,30)(H2,26,28,31). The van der Waals surface area contributed by atoms with Crippen LogP contribution in [0.2, 0.25) is 0 Å². The first kappa shape index (κ1) is 21.8. The lowest BCUT2D eigenvalue weighted by Gasteiger charge is -2.12. The number of benzene rings is 3. The maximum absolute atomic E-state index is 13.1. The van der Waals surface area contributed by atoms with E-state index in [9.17, 15) is 14.4 Å². The third-order valence-corrected chi connectivity index (χ3v) is 4.90. The molecule has 31 heavy (non-hydrogen) atoms. The van der Waals surface area contributed by atoms with Gasteiger partial charge in [-0.3, -0.25) is 9.59 Å². The monoisotopic (exact) mass is 415 g/mol. The second-order valence-corrected chi connectivity index (χ2v) is 7.19. The Balaban J connectivity index is 1.83. The maximum Gasteiger partial charge on any atom is 0.319 e. The summed E-state index contributed by atoms with van der Waals surface area (Å²) in [5.74, 6) is -0.608. The normalized spacial score (nSPS) is 10.3. The van der Waals surface area contributed by atoms with Crippen molar-refractivity contribution >= 4 is 29.1 Å². The highest BCUT2D eigenvalue weighted by molar-refractivity contribution is 6.17. The highest BCUT2D eigenvalue weighted by Crippen LogP contribution is 2.20. The van der Waals surface area contributed by atoms with E-state index in [-0.39, 0.29) is 17.4 Å². The molecule has 0 atom stereocenters. The highest BCUT2D eigenvalue weighted by Gasteiger charge is 2.18. The van der Waals surface area contributed by atoms with E-state index in [0.717, 1.165) is 11.1 Å². The fraction of sp³-hybridized carbons (Fsp3) is 0.160. The first-order valence-corrected chi connectivity index (χ1v) is 10.1. The Kier molecular flexibility index (Phi) is 6.82. The van der Waals surface area contributed by atoms with Gasteiger partial charge in [0.2, 0.25) is 0 Å². The van der Waals surface area contributed by atoms with Gasteiger partial charge < -0.3 is 16.0 Å². The van der Waals surface area contributed by atoms with E-state index in [1.165, 1.54) is 0 Å². The molecule has 0 spiro atoms. The van der Waals surface area contributed by atoms with E-state index in [4.69, 9.17) is 0 Å². The molecular weight excluding hydrogens is 390 g/mol. The quantitative estimate of drug-likeness (QED) is 0.499. The Bertz CT molecular complexity index is 1140. The molecule has 3 aromatic carbocycles. The van der Waals surface area contributed by atoms with Gasteiger partial charge in [0.05, 0.1) is 5.56 Å². The fourth-order valence-corrected chi connectivity index (χ4v) is 3.13. The average molecular weight is 415 g/mol. The average Bonchev–Trinajstić information content (AvgIpc) is 2.75. The number of amides is 3. The smallest absolute Gasteiger partial charge is 0.319 e. The van der Waals surface area contributed by atoms with Crippen molar-refractivity contribution in [1.29, 1.82) is 0 Å². The van der Waals surface area contributed by atoms with Crippen LogP contribution in [-0.4, -0.2) is 24.3 Å². The van der Waals surface area contributed by atoms with E-state index >= 15 is 0 Å². The van der Waals surface area contributed by atoms with Crippen molar-refractivity contribution in [2.24, 2.45) is 0 Å². The van der Waals surface area contributed by atoms with Crippen molar-refractivity contribution in [3.8, 4) is 0 Å². The van der Waals surface area contributed by atoms with E-state index in [0.29, 0.717) is 29.0 Å². The number of rotatable bonds is 6. The molecule has 3 N–H and O–H groups in total. The molecule has 3 amide bonds. The number of aryl methyl sites for hydroxylation is 2. The third kappa shape index (κ3) is 5.36. The summed E-state index contributed by atoms with van der Waals surface area (Å²) in [6, 6.07) is 18.7. The SMILES string of the molecule is CCNC(=O)Nc1cccc(NC(=O)c2ccccc2C(=O)c2ccc(C)c(C)c2)c1. The van der Waals surface area contributed by atoms with Crippen LogP contribution < -0.4 is 16.0 Å². The molecule has 0 bridgehead atoms. The summed E-state index contributed by atoms with van der Waals surface area (Å²) >= 11 is 0. The van der Waals surface area contributed by atoms with Crippen LogP contribution in [0.3, 0.4) is 0 Å². The van der Waals surface area contributed by atoms with Crippen LogP contribution in [-0.2, 0) is 0 Å². The molecule has 0 unspecified atom stereocenters. The zero-order valence-corrected chi connectivity index (χ0v) is 17.8. The summed E-state index contributed by atoms with van der Waals surface area (Å²) in [6.07, 6.45) is 0. The van der Waals surface area contributed by atoms with Gasteiger partial charge in [0.15, 0.2) is 5.78 Å². The zero-order valence-electron chi connectivity index (χ0n) is 17.8. The van der Waals surface area contributed by atoms with Crippen LogP contribution in [0.4, 0.5) is 16.2 Å². The zero-order chi connectivity index (χ0) is 22.4.